The van der Waals surface area contributed by atoms with Gasteiger partial charge in [-0.25, -0.2) is 4.98 Å². The molecule has 4 aromatic rings. The molecular weight excluding hydrogens is 368 g/mol. The first-order chi connectivity index (χ1) is 13.8. The summed E-state index contributed by atoms with van der Waals surface area (Å²) in [5.74, 6) is 0.747. The maximum absolute atomic E-state index is 13.4. The second-order valence-electron chi connectivity index (χ2n) is 6.80. The van der Waals surface area contributed by atoms with Gasteiger partial charge in [0.2, 0.25) is 0 Å². The predicted molar refractivity (Wildman–Crippen MR) is 109 cm³/mol. The van der Waals surface area contributed by atoms with Gasteiger partial charge in [0.25, 0.3) is 5.91 Å². The van der Waals surface area contributed by atoms with Crippen LogP contribution in [0.4, 0.5) is 0 Å². The van der Waals surface area contributed by atoms with Crippen molar-refractivity contribution >= 4 is 17.2 Å². The number of aromatic nitrogens is 1. The quantitative estimate of drug-likeness (QED) is 0.487. The fourth-order valence-electron chi connectivity index (χ4n) is 3.83. The second kappa shape index (κ2) is 7.09. The molecule has 1 atom stereocenters. The van der Waals surface area contributed by atoms with Crippen molar-refractivity contribution in [2.45, 2.75) is 12.5 Å². The van der Waals surface area contributed by atoms with E-state index in [-0.39, 0.29) is 11.9 Å². The molecule has 0 saturated carbocycles. The highest BCUT2D eigenvalue weighted by Gasteiger charge is 2.33. The number of oxazole rings is 1. The molecule has 5 rings (SSSR count). The highest BCUT2D eigenvalue weighted by Crippen LogP contribution is 2.38. The summed E-state index contributed by atoms with van der Waals surface area (Å²) in [5.41, 5.74) is 3.98. The lowest BCUT2D eigenvalue weighted by Gasteiger charge is -2.36. The van der Waals surface area contributed by atoms with Crippen molar-refractivity contribution in [2.75, 3.05) is 6.54 Å². The number of carbonyl (C=O) groups is 1. The van der Waals surface area contributed by atoms with Crippen LogP contribution < -0.4 is 0 Å². The standard InChI is InChI=1S/C23H18N2O2S/c26-23(18-8-6-16(7-9-18)20-14-24-15-27-20)25-12-10-21-19(11-13-28-21)22(25)17-4-2-1-3-5-17/h1-9,11,13-15,22H,10,12H2/t22-/m0/s1. The molecular formula is C23H18N2O2S. The van der Waals surface area contributed by atoms with Crippen LogP contribution in [0.2, 0.25) is 0 Å². The number of carbonyl (C=O) groups excluding carboxylic acids is 1. The molecule has 0 spiro atoms. The topological polar surface area (TPSA) is 46.3 Å². The van der Waals surface area contributed by atoms with E-state index >= 15 is 0 Å². The molecule has 28 heavy (non-hydrogen) atoms. The van der Waals surface area contributed by atoms with Crippen LogP contribution in [-0.2, 0) is 6.42 Å². The molecule has 0 saturated heterocycles. The van der Waals surface area contributed by atoms with Crippen LogP contribution in [0.5, 0.6) is 0 Å². The van der Waals surface area contributed by atoms with Gasteiger partial charge in [-0.15, -0.1) is 11.3 Å². The van der Waals surface area contributed by atoms with Gasteiger partial charge < -0.3 is 9.32 Å². The molecule has 2 aromatic carbocycles. The Morgan fingerprint density at radius 1 is 1.07 bits per heavy atom. The van der Waals surface area contributed by atoms with Gasteiger partial charge in [-0.3, -0.25) is 4.79 Å². The lowest BCUT2D eigenvalue weighted by molar-refractivity contribution is 0.0696. The van der Waals surface area contributed by atoms with Crippen LogP contribution in [0.1, 0.15) is 32.4 Å². The lowest BCUT2D eigenvalue weighted by Crippen LogP contribution is -2.40. The number of hydrogen-bond donors (Lipinski definition) is 0. The largest absolute Gasteiger partial charge is 0.444 e. The van der Waals surface area contributed by atoms with Crippen molar-refractivity contribution in [1.29, 1.82) is 0 Å². The van der Waals surface area contributed by atoms with Gasteiger partial charge >= 0.3 is 0 Å². The summed E-state index contributed by atoms with van der Waals surface area (Å²) in [6.07, 6.45) is 3.98. The number of nitrogens with zero attached hydrogens (tertiary/aromatic N) is 2. The van der Waals surface area contributed by atoms with E-state index in [1.807, 2.05) is 47.4 Å². The lowest BCUT2D eigenvalue weighted by atomic mass is 9.92. The van der Waals surface area contributed by atoms with Crippen molar-refractivity contribution in [1.82, 2.24) is 9.88 Å². The van der Waals surface area contributed by atoms with Crippen LogP contribution in [0.15, 0.2) is 83.1 Å². The maximum Gasteiger partial charge on any atom is 0.254 e. The first-order valence-corrected chi connectivity index (χ1v) is 10.1. The summed E-state index contributed by atoms with van der Waals surface area (Å²) >= 11 is 1.78. The smallest absolute Gasteiger partial charge is 0.254 e. The van der Waals surface area contributed by atoms with E-state index < -0.39 is 0 Å². The highest BCUT2D eigenvalue weighted by molar-refractivity contribution is 7.10. The molecule has 0 fully saturated rings. The van der Waals surface area contributed by atoms with E-state index in [4.69, 9.17) is 4.42 Å². The van der Waals surface area contributed by atoms with Crippen molar-refractivity contribution in [3.63, 3.8) is 0 Å². The average molecular weight is 386 g/mol. The molecule has 0 radical (unpaired) electrons. The predicted octanol–water partition coefficient (Wildman–Crippen LogP) is 5.19. The third-order valence-corrected chi connectivity index (χ3v) is 6.19. The van der Waals surface area contributed by atoms with Crippen molar-refractivity contribution in [3.8, 4) is 11.3 Å². The Bertz CT molecular complexity index is 1090. The van der Waals surface area contributed by atoms with E-state index in [1.54, 1.807) is 17.5 Å². The first kappa shape index (κ1) is 17.0. The van der Waals surface area contributed by atoms with E-state index in [1.165, 1.54) is 16.8 Å². The fourth-order valence-corrected chi connectivity index (χ4v) is 4.74. The summed E-state index contributed by atoms with van der Waals surface area (Å²) in [6, 6.07) is 19.9. The van der Waals surface area contributed by atoms with Gasteiger partial charge in [0.05, 0.1) is 12.2 Å². The van der Waals surface area contributed by atoms with Crippen molar-refractivity contribution in [2.24, 2.45) is 0 Å². The van der Waals surface area contributed by atoms with Crippen molar-refractivity contribution < 1.29 is 9.21 Å². The van der Waals surface area contributed by atoms with Crippen LogP contribution in [0.25, 0.3) is 11.3 Å². The number of rotatable bonds is 3. The SMILES string of the molecule is O=C(c1ccc(-c2cnco2)cc1)N1CCc2sccc2[C@@H]1c1ccccc1. The Labute approximate surface area is 167 Å². The Morgan fingerprint density at radius 2 is 1.89 bits per heavy atom. The Hall–Kier alpha value is -3.18. The van der Waals surface area contributed by atoms with Gasteiger partial charge in [0.15, 0.2) is 12.2 Å². The van der Waals surface area contributed by atoms with Crippen LogP contribution >= 0.6 is 11.3 Å². The zero-order chi connectivity index (χ0) is 18.9. The normalized spacial score (nSPS) is 16.0. The molecule has 2 aromatic heterocycles. The molecule has 3 heterocycles. The highest BCUT2D eigenvalue weighted by atomic mass is 32.1. The zero-order valence-electron chi connectivity index (χ0n) is 15.1. The van der Waals surface area contributed by atoms with Gasteiger partial charge in [0, 0.05) is 22.5 Å². The first-order valence-electron chi connectivity index (χ1n) is 9.22. The summed E-state index contributed by atoms with van der Waals surface area (Å²) in [4.78, 5) is 20.7. The molecule has 0 aliphatic carbocycles. The summed E-state index contributed by atoms with van der Waals surface area (Å²) in [7, 11) is 0. The van der Waals surface area contributed by atoms with E-state index in [9.17, 15) is 4.79 Å². The summed E-state index contributed by atoms with van der Waals surface area (Å²) in [6.45, 7) is 0.718. The van der Waals surface area contributed by atoms with Gasteiger partial charge in [0.1, 0.15) is 0 Å². The molecule has 1 aliphatic heterocycles. The summed E-state index contributed by atoms with van der Waals surface area (Å²) < 4.78 is 5.34. The second-order valence-corrected chi connectivity index (χ2v) is 7.80. The molecule has 5 heteroatoms. The Morgan fingerprint density at radius 3 is 2.64 bits per heavy atom. The van der Waals surface area contributed by atoms with Crippen molar-refractivity contribution in [3.05, 3.63) is 100 Å². The fraction of sp³-hybridized carbons (Fsp3) is 0.130. The average Bonchev–Trinajstić information content (AvgIpc) is 3.45. The number of hydrogen-bond acceptors (Lipinski definition) is 4. The molecule has 138 valence electrons. The monoisotopic (exact) mass is 386 g/mol. The zero-order valence-corrected chi connectivity index (χ0v) is 15.9. The summed E-state index contributed by atoms with van der Waals surface area (Å²) in [5, 5.41) is 2.13. The minimum absolute atomic E-state index is 0.0438. The number of amides is 1. The number of thiophene rings is 1. The van der Waals surface area contributed by atoms with Crippen LogP contribution in [-0.4, -0.2) is 22.3 Å². The molecule has 0 unspecified atom stereocenters. The van der Waals surface area contributed by atoms with Crippen LogP contribution in [0.3, 0.4) is 0 Å². The maximum atomic E-state index is 13.4. The molecule has 1 amide bonds. The Balaban J connectivity index is 1.49. The Kier molecular flexibility index (Phi) is 4.29. The van der Waals surface area contributed by atoms with Gasteiger partial charge in [-0.05, 0) is 41.1 Å². The number of benzene rings is 2. The van der Waals surface area contributed by atoms with E-state index in [0.717, 1.165) is 24.1 Å². The minimum Gasteiger partial charge on any atom is -0.444 e. The third kappa shape index (κ3) is 2.94. The van der Waals surface area contributed by atoms with E-state index in [0.29, 0.717) is 11.3 Å². The molecule has 0 bridgehead atoms. The van der Waals surface area contributed by atoms with Gasteiger partial charge in [-0.2, -0.15) is 0 Å². The minimum atomic E-state index is -0.0438. The van der Waals surface area contributed by atoms with Gasteiger partial charge in [-0.1, -0.05) is 42.5 Å². The number of fused-ring (bicyclic) bond motifs is 1. The molecule has 0 N–H and O–H groups in total. The third-order valence-electron chi connectivity index (χ3n) is 5.19. The molecule has 1 aliphatic rings. The molecule has 4 nitrogen and oxygen atoms in total. The van der Waals surface area contributed by atoms with E-state index in [2.05, 4.69) is 28.6 Å². The van der Waals surface area contributed by atoms with Crippen LogP contribution in [0, 0.1) is 0 Å².